The number of hydrogen-bond acceptors (Lipinski definition) is 3. The summed E-state index contributed by atoms with van der Waals surface area (Å²) in [5, 5.41) is 2.90. The first-order chi connectivity index (χ1) is 13.0. The fourth-order valence-electron chi connectivity index (χ4n) is 3.34. The summed E-state index contributed by atoms with van der Waals surface area (Å²) in [6.45, 7) is 12.1. The number of quaternary nitrogens is 1. The van der Waals surface area contributed by atoms with Crippen molar-refractivity contribution in [1.29, 1.82) is 0 Å². The summed E-state index contributed by atoms with van der Waals surface area (Å²) in [5.41, 5.74) is 4.38. The number of likely N-dealkylation sites (N-methyl/N-ethyl adjacent to an activating group) is 1. The van der Waals surface area contributed by atoms with Crippen molar-refractivity contribution < 1.29 is 14.4 Å². The van der Waals surface area contributed by atoms with Gasteiger partial charge in [0.2, 0.25) is 0 Å². The van der Waals surface area contributed by atoms with Gasteiger partial charge in [-0.15, -0.1) is 0 Å². The van der Waals surface area contributed by atoms with E-state index in [0.29, 0.717) is 0 Å². The van der Waals surface area contributed by atoms with E-state index in [2.05, 4.69) is 36.2 Å². The van der Waals surface area contributed by atoms with Gasteiger partial charge in [-0.1, -0.05) is 6.07 Å². The van der Waals surface area contributed by atoms with Crippen LogP contribution < -0.4 is 19.9 Å². The highest BCUT2D eigenvalue weighted by molar-refractivity contribution is 5.92. The lowest BCUT2D eigenvalue weighted by molar-refractivity contribution is -0.898. The SMILES string of the molecule is CC[NH+]1CCN(c2ccc(NC(=O)COc3ccc(C)c(C)c3)cc2)CC1. The van der Waals surface area contributed by atoms with Gasteiger partial charge in [-0.3, -0.25) is 4.79 Å². The lowest BCUT2D eigenvalue weighted by Crippen LogP contribution is -3.14. The molecule has 2 aromatic carbocycles. The molecule has 0 radical (unpaired) electrons. The summed E-state index contributed by atoms with van der Waals surface area (Å²) in [5.74, 6) is 0.568. The zero-order valence-electron chi connectivity index (χ0n) is 16.5. The number of carbonyl (C=O) groups is 1. The van der Waals surface area contributed by atoms with E-state index in [9.17, 15) is 4.79 Å². The Kier molecular flexibility index (Phi) is 6.35. The molecular weight excluding hydrogens is 338 g/mol. The number of nitrogens with one attached hydrogen (secondary N) is 2. The maximum atomic E-state index is 12.1. The third-order valence-electron chi connectivity index (χ3n) is 5.34. The second-order valence-corrected chi connectivity index (χ2v) is 7.22. The first-order valence-electron chi connectivity index (χ1n) is 9.73. The van der Waals surface area contributed by atoms with Crippen LogP contribution in [-0.2, 0) is 4.79 Å². The molecule has 27 heavy (non-hydrogen) atoms. The van der Waals surface area contributed by atoms with E-state index in [4.69, 9.17) is 4.74 Å². The summed E-state index contributed by atoms with van der Waals surface area (Å²) in [6.07, 6.45) is 0. The van der Waals surface area contributed by atoms with Crippen molar-refractivity contribution >= 4 is 17.3 Å². The van der Waals surface area contributed by atoms with Crippen LogP contribution in [0.15, 0.2) is 42.5 Å². The van der Waals surface area contributed by atoms with Crippen molar-refractivity contribution in [2.75, 3.05) is 49.5 Å². The Bertz CT molecular complexity index is 766. The van der Waals surface area contributed by atoms with Gasteiger partial charge in [0, 0.05) is 11.4 Å². The van der Waals surface area contributed by atoms with Gasteiger partial charge in [0.1, 0.15) is 5.75 Å². The average molecular weight is 369 g/mol. The molecule has 0 unspecified atom stereocenters. The molecule has 2 aromatic rings. The fraction of sp³-hybridized carbons (Fsp3) is 0.409. The Morgan fingerprint density at radius 2 is 1.78 bits per heavy atom. The van der Waals surface area contributed by atoms with E-state index in [1.165, 1.54) is 30.9 Å². The Morgan fingerprint density at radius 1 is 1.07 bits per heavy atom. The predicted octanol–water partition coefficient (Wildman–Crippen LogP) is 2.05. The van der Waals surface area contributed by atoms with E-state index < -0.39 is 0 Å². The van der Waals surface area contributed by atoms with Crippen molar-refractivity contribution in [2.24, 2.45) is 0 Å². The van der Waals surface area contributed by atoms with Crippen LogP contribution in [0.4, 0.5) is 11.4 Å². The Balaban J connectivity index is 1.49. The number of carbonyl (C=O) groups excluding carboxylic acids is 1. The van der Waals surface area contributed by atoms with E-state index in [1.807, 2.05) is 37.3 Å². The van der Waals surface area contributed by atoms with Crippen LogP contribution in [0.2, 0.25) is 0 Å². The largest absolute Gasteiger partial charge is 0.484 e. The fourth-order valence-corrected chi connectivity index (χ4v) is 3.34. The summed E-state index contributed by atoms with van der Waals surface area (Å²) < 4.78 is 5.59. The van der Waals surface area contributed by atoms with Gasteiger partial charge in [-0.05, 0) is 68.3 Å². The molecule has 1 amide bonds. The third-order valence-corrected chi connectivity index (χ3v) is 5.34. The number of aryl methyl sites for hydroxylation is 2. The molecule has 0 aromatic heterocycles. The first-order valence-corrected chi connectivity index (χ1v) is 9.73. The van der Waals surface area contributed by atoms with Crippen LogP contribution in [0.25, 0.3) is 0 Å². The van der Waals surface area contributed by atoms with Gasteiger partial charge in [0.05, 0.1) is 32.7 Å². The highest BCUT2D eigenvalue weighted by atomic mass is 16.5. The van der Waals surface area contributed by atoms with Crippen molar-refractivity contribution in [3.8, 4) is 5.75 Å². The Morgan fingerprint density at radius 3 is 2.41 bits per heavy atom. The van der Waals surface area contributed by atoms with Crippen molar-refractivity contribution in [3.05, 3.63) is 53.6 Å². The number of hydrogen-bond donors (Lipinski definition) is 2. The van der Waals surface area contributed by atoms with Crippen molar-refractivity contribution in [3.63, 3.8) is 0 Å². The first kappa shape index (κ1) is 19.2. The molecule has 0 aliphatic carbocycles. The molecule has 1 fully saturated rings. The van der Waals surface area contributed by atoms with Crippen LogP contribution >= 0.6 is 0 Å². The Hall–Kier alpha value is -2.53. The van der Waals surface area contributed by atoms with Crippen LogP contribution in [-0.4, -0.2) is 45.2 Å². The molecular formula is C22H30N3O2+. The number of piperazine rings is 1. The van der Waals surface area contributed by atoms with Crippen LogP contribution in [0.1, 0.15) is 18.1 Å². The molecule has 1 aliphatic heterocycles. The minimum Gasteiger partial charge on any atom is -0.484 e. The van der Waals surface area contributed by atoms with Gasteiger partial charge in [0.25, 0.3) is 5.91 Å². The van der Waals surface area contributed by atoms with Crippen molar-refractivity contribution in [1.82, 2.24) is 0 Å². The van der Waals surface area contributed by atoms with Gasteiger partial charge in [-0.2, -0.15) is 0 Å². The molecule has 0 saturated carbocycles. The lowest BCUT2D eigenvalue weighted by Gasteiger charge is -2.33. The zero-order valence-corrected chi connectivity index (χ0v) is 16.5. The molecule has 0 atom stereocenters. The van der Waals surface area contributed by atoms with E-state index in [-0.39, 0.29) is 12.5 Å². The topological polar surface area (TPSA) is 46.0 Å². The number of nitrogens with zero attached hydrogens (tertiary/aromatic N) is 1. The number of ether oxygens (including phenoxy) is 1. The standard InChI is InChI=1S/C22H29N3O2/c1-4-24-11-13-25(14-12-24)20-8-6-19(7-9-20)23-22(26)16-27-21-10-5-17(2)18(3)15-21/h5-10,15H,4,11-14,16H2,1-3H3,(H,23,26)/p+1. The highest BCUT2D eigenvalue weighted by Crippen LogP contribution is 2.19. The number of anilines is 2. The number of rotatable bonds is 6. The van der Waals surface area contributed by atoms with Gasteiger partial charge < -0.3 is 19.9 Å². The maximum absolute atomic E-state index is 12.1. The monoisotopic (exact) mass is 368 g/mol. The third kappa shape index (κ3) is 5.23. The molecule has 5 nitrogen and oxygen atoms in total. The molecule has 2 N–H and O–H groups in total. The van der Waals surface area contributed by atoms with E-state index in [0.717, 1.165) is 30.1 Å². The van der Waals surface area contributed by atoms with Crippen LogP contribution in [0, 0.1) is 13.8 Å². The summed E-state index contributed by atoms with van der Waals surface area (Å²) in [7, 11) is 0. The number of amides is 1. The number of benzene rings is 2. The smallest absolute Gasteiger partial charge is 0.262 e. The van der Waals surface area contributed by atoms with Gasteiger partial charge in [0.15, 0.2) is 6.61 Å². The summed E-state index contributed by atoms with van der Waals surface area (Å²) in [4.78, 5) is 16.2. The predicted molar refractivity (Wildman–Crippen MR) is 110 cm³/mol. The minimum absolute atomic E-state index is 0.00596. The van der Waals surface area contributed by atoms with E-state index >= 15 is 0 Å². The normalized spacial score (nSPS) is 14.9. The van der Waals surface area contributed by atoms with Gasteiger partial charge >= 0.3 is 0 Å². The molecule has 0 bridgehead atoms. The average Bonchev–Trinajstić information content (AvgIpc) is 2.69. The molecule has 1 aliphatic rings. The second-order valence-electron chi connectivity index (χ2n) is 7.22. The quantitative estimate of drug-likeness (QED) is 0.820. The molecule has 144 valence electrons. The van der Waals surface area contributed by atoms with Crippen LogP contribution in [0.3, 0.4) is 0 Å². The maximum Gasteiger partial charge on any atom is 0.262 e. The summed E-state index contributed by atoms with van der Waals surface area (Å²) in [6, 6.07) is 13.9. The van der Waals surface area contributed by atoms with Crippen LogP contribution in [0.5, 0.6) is 5.75 Å². The van der Waals surface area contributed by atoms with E-state index in [1.54, 1.807) is 4.90 Å². The zero-order chi connectivity index (χ0) is 19.2. The lowest BCUT2D eigenvalue weighted by atomic mass is 10.1. The molecule has 5 heteroatoms. The van der Waals surface area contributed by atoms with Crippen molar-refractivity contribution in [2.45, 2.75) is 20.8 Å². The molecule has 3 rings (SSSR count). The highest BCUT2D eigenvalue weighted by Gasteiger charge is 2.18. The molecule has 0 spiro atoms. The second kappa shape index (κ2) is 8.91. The minimum atomic E-state index is -0.152. The van der Waals surface area contributed by atoms with Gasteiger partial charge in [-0.25, -0.2) is 0 Å². The Labute approximate surface area is 161 Å². The molecule has 1 saturated heterocycles. The summed E-state index contributed by atoms with van der Waals surface area (Å²) >= 11 is 0. The molecule has 1 heterocycles.